The molecule has 0 aliphatic carbocycles. The zero-order valence-corrected chi connectivity index (χ0v) is 9.19. The fraction of sp³-hybridized carbons (Fsp3) is 0.583. The van der Waals surface area contributed by atoms with Crippen molar-refractivity contribution in [2.24, 2.45) is 5.92 Å². The standard InChI is InChI=1S/C12H18N2O/c1-10-4-12(6-13-5-10)8-14-3-2-11(7-14)9-15/h4-6,11,15H,2-3,7-9H2,1H3. The summed E-state index contributed by atoms with van der Waals surface area (Å²) in [6.07, 6.45) is 4.93. The molecule has 1 atom stereocenters. The largest absolute Gasteiger partial charge is 0.396 e. The molecule has 0 amide bonds. The fourth-order valence-electron chi connectivity index (χ4n) is 2.17. The van der Waals surface area contributed by atoms with E-state index in [0.29, 0.717) is 12.5 Å². The van der Waals surface area contributed by atoms with Crippen LogP contribution in [-0.4, -0.2) is 34.7 Å². The molecule has 0 saturated carbocycles. The van der Waals surface area contributed by atoms with E-state index in [2.05, 4.69) is 22.9 Å². The normalized spacial score (nSPS) is 22.1. The Bertz CT molecular complexity index is 327. The summed E-state index contributed by atoms with van der Waals surface area (Å²) in [6.45, 7) is 5.47. The first-order valence-corrected chi connectivity index (χ1v) is 5.51. The molecular formula is C12H18N2O. The van der Waals surface area contributed by atoms with Crippen molar-refractivity contribution in [3.05, 3.63) is 29.6 Å². The molecule has 3 heteroatoms. The smallest absolute Gasteiger partial charge is 0.0471 e. The van der Waals surface area contributed by atoms with Crippen LogP contribution in [0, 0.1) is 12.8 Å². The van der Waals surface area contributed by atoms with Crippen molar-refractivity contribution in [2.75, 3.05) is 19.7 Å². The van der Waals surface area contributed by atoms with Crippen LogP contribution in [0.1, 0.15) is 17.5 Å². The molecule has 0 spiro atoms. The summed E-state index contributed by atoms with van der Waals surface area (Å²) in [5.41, 5.74) is 2.49. The molecule has 2 rings (SSSR count). The van der Waals surface area contributed by atoms with Gasteiger partial charge in [0.2, 0.25) is 0 Å². The molecule has 1 aromatic heterocycles. The predicted octanol–water partition coefficient (Wildman–Crippen LogP) is 1.20. The number of hydrogen-bond acceptors (Lipinski definition) is 3. The van der Waals surface area contributed by atoms with Gasteiger partial charge in [-0.1, -0.05) is 6.07 Å². The molecule has 2 heterocycles. The second kappa shape index (κ2) is 4.73. The lowest BCUT2D eigenvalue weighted by molar-refractivity contribution is 0.220. The van der Waals surface area contributed by atoms with Crippen LogP contribution in [0.15, 0.2) is 18.5 Å². The summed E-state index contributed by atoms with van der Waals surface area (Å²) in [5.74, 6) is 0.475. The fourth-order valence-corrected chi connectivity index (χ4v) is 2.17. The highest BCUT2D eigenvalue weighted by Crippen LogP contribution is 2.17. The van der Waals surface area contributed by atoms with Gasteiger partial charge in [-0.05, 0) is 36.9 Å². The van der Waals surface area contributed by atoms with E-state index in [1.54, 1.807) is 0 Å². The second-order valence-electron chi connectivity index (χ2n) is 4.44. The molecule has 3 nitrogen and oxygen atoms in total. The van der Waals surface area contributed by atoms with Crippen molar-refractivity contribution < 1.29 is 5.11 Å². The van der Waals surface area contributed by atoms with Gasteiger partial charge in [0.05, 0.1) is 0 Å². The van der Waals surface area contributed by atoms with Gasteiger partial charge in [0.25, 0.3) is 0 Å². The monoisotopic (exact) mass is 206 g/mol. The number of aliphatic hydroxyl groups excluding tert-OH is 1. The van der Waals surface area contributed by atoms with Crippen molar-refractivity contribution >= 4 is 0 Å². The van der Waals surface area contributed by atoms with Crippen LogP contribution in [0.5, 0.6) is 0 Å². The number of aromatic nitrogens is 1. The van der Waals surface area contributed by atoms with E-state index in [1.165, 1.54) is 11.1 Å². The first-order chi connectivity index (χ1) is 7.28. The number of nitrogens with zero attached hydrogens (tertiary/aromatic N) is 2. The van der Waals surface area contributed by atoms with Crippen molar-refractivity contribution in [3.63, 3.8) is 0 Å². The van der Waals surface area contributed by atoms with E-state index in [9.17, 15) is 0 Å². The number of pyridine rings is 1. The quantitative estimate of drug-likeness (QED) is 0.807. The number of hydrogen-bond donors (Lipinski definition) is 1. The second-order valence-corrected chi connectivity index (χ2v) is 4.44. The minimum atomic E-state index is 0.322. The maximum absolute atomic E-state index is 9.05. The van der Waals surface area contributed by atoms with E-state index in [-0.39, 0.29) is 0 Å². The van der Waals surface area contributed by atoms with Gasteiger partial charge < -0.3 is 5.11 Å². The number of aryl methyl sites for hydroxylation is 1. The van der Waals surface area contributed by atoms with Crippen LogP contribution in [0.25, 0.3) is 0 Å². The van der Waals surface area contributed by atoms with Crippen molar-refractivity contribution in [1.82, 2.24) is 9.88 Å². The lowest BCUT2D eigenvalue weighted by Gasteiger charge is -2.15. The van der Waals surface area contributed by atoms with Crippen molar-refractivity contribution in [3.8, 4) is 0 Å². The third-order valence-electron chi connectivity index (χ3n) is 2.97. The molecule has 1 N–H and O–H groups in total. The van der Waals surface area contributed by atoms with Gasteiger partial charge in [-0.25, -0.2) is 0 Å². The average Bonchev–Trinajstić information content (AvgIpc) is 2.65. The Morgan fingerprint density at radius 1 is 1.53 bits per heavy atom. The van der Waals surface area contributed by atoms with Crippen LogP contribution in [0.2, 0.25) is 0 Å². The number of aliphatic hydroxyl groups is 1. The van der Waals surface area contributed by atoms with Crippen molar-refractivity contribution in [2.45, 2.75) is 19.9 Å². The molecule has 0 bridgehead atoms. The third-order valence-corrected chi connectivity index (χ3v) is 2.97. The van der Waals surface area contributed by atoms with Gasteiger partial charge in [0, 0.05) is 32.1 Å². The van der Waals surface area contributed by atoms with Gasteiger partial charge in [-0.15, -0.1) is 0 Å². The lowest BCUT2D eigenvalue weighted by atomic mass is 10.1. The molecule has 1 fully saturated rings. The highest BCUT2D eigenvalue weighted by atomic mass is 16.3. The Balaban J connectivity index is 1.92. The van der Waals surface area contributed by atoms with Gasteiger partial charge >= 0.3 is 0 Å². The molecule has 1 unspecified atom stereocenters. The molecule has 1 saturated heterocycles. The Morgan fingerprint density at radius 2 is 2.40 bits per heavy atom. The highest BCUT2D eigenvalue weighted by molar-refractivity contribution is 5.16. The first kappa shape index (κ1) is 10.6. The highest BCUT2D eigenvalue weighted by Gasteiger charge is 2.21. The molecule has 1 aliphatic heterocycles. The Labute approximate surface area is 90.8 Å². The molecule has 1 aromatic rings. The number of rotatable bonds is 3. The van der Waals surface area contributed by atoms with Crippen LogP contribution in [0.4, 0.5) is 0 Å². The zero-order chi connectivity index (χ0) is 10.7. The van der Waals surface area contributed by atoms with E-state index < -0.39 is 0 Å². The van der Waals surface area contributed by atoms with Crippen LogP contribution in [0.3, 0.4) is 0 Å². The minimum Gasteiger partial charge on any atom is -0.396 e. The van der Waals surface area contributed by atoms with E-state index in [4.69, 9.17) is 5.11 Å². The Hall–Kier alpha value is -0.930. The Kier molecular flexibility index (Phi) is 3.34. The Morgan fingerprint density at radius 3 is 3.07 bits per heavy atom. The summed E-state index contributed by atoms with van der Waals surface area (Å²) >= 11 is 0. The molecule has 0 radical (unpaired) electrons. The first-order valence-electron chi connectivity index (χ1n) is 5.51. The SMILES string of the molecule is Cc1cncc(CN2CCC(CO)C2)c1. The maximum atomic E-state index is 9.05. The molecule has 15 heavy (non-hydrogen) atoms. The average molecular weight is 206 g/mol. The van der Waals surface area contributed by atoms with Crippen LogP contribution < -0.4 is 0 Å². The van der Waals surface area contributed by atoms with Gasteiger partial charge in [-0.3, -0.25) is 9.88 Å². The minimum absolute atomic E-state index is 0.322. The summed E-state index contributed by atoms with van der Waals surface area (Å²) in [6, 6.07) is 2.18. The topological polar surface area (TPSA) is 36.4 Å². The molecule has 82 valence electrons. The predicted molar refractivity (Wildman–Crippen MR) is 59.4 cm³/mol. The summed E-state index contributed by atoms with van der Waals surface area (Å²) < 4.78 is 0. The third kappa shape index (κ3) is 2.76. The zero-order valence-electron chi connectivity index (χ0n) is 9.19. The van der Waals surface area contributed by atoms with E-state index in [1.807, 2.05) is 12.4 Å². The summed E-state index contributed by atoms with van der Waals surface area (Å²) in [5, 5.41) is 9.05. The van der Waals surface area contributed by atoms with Crippen molar-refractivity contribution in [1.29, 1.82) is 0 Å². The molecular weight excluding hydrogens is 188 g/mol. The van der Waals surface area contributed by atoms with Gasteiger partial charge in [0.15, 0.2) is 0 Å². The van der Waals surface area contributed by atoms with E-state index >= 15 is 0 Å². The van der Waals surface area contributed by atoms with Gasteiger partial charge in [-0.2, -0.15) is 0 Å². The van der Waals surface area contributed by atoms with Crippen LogP contribution in [-0.2, 0) is 6.54 Å². The number of likely N-dealkylation sites (tertiary alicyclic amines) is 1. The molecule has 0 aromatic carbocycles. The summed E-state index contributed by atoms with van der Waals surface area (Å²) in [7, 11) is 0. The molecule has 1 aliphatic rings. The maximum Gasteiger partial charge on any atom is 0.0471 e. The van der Waals surface area contributed by atoms with E-state index in [0.717, 1.165) is 26.1 Å². The van der Waals surface area contributed by atoms with Crippen LogP contribution >= 0.6 is 0 Å². The van der Waals surface area contributed by atoms with Gasteiger partial charge in [0.1, 0.15) is 0 Å². The summed E-state index contributed by atoms with van der Waals surface area (Å²) in [4.78, 5) is 6.58. The lowest BCUT2D eigenvalue weighted by Crippen LogP contribution is -2.21.